The van der Waals surface area contributed by atoms with Crippen molar-refractivity contribution in [3.63, 3.8) is 0 Å². The van der Waals surface area contributed by atoms with Crippen LogP contribution in [0.3, 0.4) is 0 Å². The Kier molecular flexibility index (Phi) is 5.50. The van der Waals surface area contributed by atoms with Gasteiger partial charge >= 0.3 is 5.69 Å². The number of aryl methyl sites for hydroxylation is 1. The first kappa shape index (κ1) is 22.3. The summed E-state index contributed by atoms with van der Waals surface area (Å²) in [6.07, 6.45) is 3.92. The summed E-state index contributed by atoms with van der Waals surface area (Å²) in [5.74, 6) is -0.292. The summed E-state index contributed by atoms with van der Waals surface area (Å²) in [6, 6.07) is 7.70. The fraction of sp³-hybridized carbons (Fsp3) is 0.333. The molecule has 5 rings (SSSR count). The highest BCUT2D eigenvalue weighted by Gasteiger charge is 2.47. The monoisotopic (exact) mass is 481 g/mol. The molecule has 174 valence electrons. The number of ether oxygens (including phenoxy) is 1. The van der Waals surface area contributed by atoms with Crippen LogP contribution in [0, 0.1) is 29.5 Å². The van der Waals surface area contributed by atoms with E-state index >= 15 is 0 Å². The van der Waals surface area contributed by atoms with Crippen LogP contribution in [-0.2, 0) is 11.3 Å². The van der Waals surface area contributed by atoms with Gasteiger partial charge in [0.05, 0.1) is 35.1 Å². The Hall–Kier alpha value is -3.48. The first-order valence-electron chi connectivity index (χ1n) is 10.8. The molecule has 0 saturated carbocycles. The number of hydrogen-bond acceptors (Lipinski definition) is 6. The fourth-order valence-corrected chi connectivity index (χ4v) is 4.97. The minimum atomic E-state index is -0.644. The van der Waals surface area contributed by atoms with Crippen LogP contribution < -0.4 is 16.1 Å². The summed E-state index contributed by atoms with van der Waals surface area (Å²) in [5, 5.41) is 9.40. The molecule has 2 aromatic heterocycles. The van der Waals surface area contributed by atoms with Gasteiger partial charge in [0.25, 0.3) is 5.56 Å². The van der Waals surface area contributed by atoms with E-state index in [-0.39, 0.29) is 28.2 Å². The third-order valence-electron chi connectivity index (χ3n) is 6.41. The maximum atomic E-state index is 14.0. The zero-order chi connectivity index (χ0) is 24.0. The molecule has 8 nitrogen and oxygen atoms in total. The lowest BCUT2D eigenvalue weighted by molar-refractivity contribution is 0.130. The van der Waals surface area contributed by atoms with Crippen LogP contribution in [0.4, 0.5) is 10.2 Å². The number of nitriles is 1. The molecule has 0 bridgehead atoms. The zero-order valence-electron chi connectivity index (χ0n) is 18.4. The second kappa shape index (κ2) is 8.38. The second-order valence-corrected chi connectivity index (χ2v) is 9.28. The molecule has 1 spiro atoms. The van der Waals surface area contributed by atoms with Gasteiger partial charge in [0.1, 0.15) is 18.2 Å². The minimum absolute atomic E-state index is 0.0411. The van der Waals surface area contributed by atoms with Crippen LogP contribution in [0.5, 0.6) is 0 Å². The lowest BCUT2D eigenvalue weighted by Crippen LogP contribution is -2.59. The van der Waals surface area contributed by atoms with Crippen molar-refractivity contribution in [1.82, 2.24) is 14.1 Å². The van der Waals surface area contributed by atoms with Crippen molar-refractivity contribution >= 4 is 17.4 Å². The first-order chi connectivity index (χ1) is 16.3. The summed E-state index contributed by atoms with van der Waals surface area (Å²) in [4.78, 5) is 33.5. The van der Waals surface area contributed by atoms with Gasteiger partial charge in [-0.2, -0.15) is 5.26 Å². The van der Waals surface area contributed by atoms with E-state index in [0.29, 0.717) is 37.7 Å². The van der Waals surface area contributed by atoms with Crippen molar-refractivity contribution in [2.75, 3.05) is 31.2 Å². The fourth-order valence-electron chi connectivity index (χ4n) is 4.79. The Balaban J connectivity index is 1.80. The van der Waals surface area contributed by atoms with Crippen LogP contribution in [-0.4, -0.2) is 40.4 Å². The van der Waals surface area contributed by atoms with Gasteiger partial charge < -0.3 is 9.64 Å². The zero-order valence-corrected chi connectivity index (χ0v) is 19.2. The number of hydrogen-bond donors (Lipinski definition) is 0. The highest BCUT2D eigenvalue weighted by atomic mass is 35.5. The van der Waals surface area contributed by atoms with Crippen molar-refractivity contribution in [3.05, 3.63) is 73.9 Å². The quantitative estimate of drug-likeness (QED) is 0.569. The van der Waals surface area contributed by atoms with E-state index in [0.717, 1.165) is 16.6 Å². The van der Waals surface area contributed by atoms with Crippen LogP contribution in [0.15, 0.2) is 46.2 Å². The molecule has 3 aromatic rings. The van der Waals surface area contributed by atoms with Gasteiger partial charge in [-0.05, 0) is 42.7 Å². The highest BCUT2D eigenvalue weighted by Crippen LogP contribution is 2.43. The molecular formula is C24H21ClFN5O3. The molecule has 0 N–H and O–H groups in total. The molecule has 34 heavy (non-hydrogen) atoms. The lowest BCUT2D eigenvalue weighted by Gasteiger charge is -2.49. The summed E-state index contributed by atoms with van der Waals surface area (Å²) in [6.45, 7) is 3.96. The Labute approximate surface area is 199 Å². The van der Waals surface area contributed by atoms with Gasteiger partial charge in [0, 0.05) is 31.3 Å². The highest BCUT2D eigenvalue weighted by molar-refractivity contribution is 6.31. The molecule has 0 amide bonds. The second-order valence-electron chi connectivity index (χ2n) is 8.87. The van der Waals surface area contributed by atoms with E-state index in [1.165, 1.54) is 29.0 Å². The number of nitrogens with zero attached hydrogens (tertiary/aromatic N) is 5. The topological polar surface area (TPSA) is 93.2 Å². The van der Waals surface area contributed by atoms with E-state index in [2.05, 4.69) is 4.98 Å². The van der Waals surface area contributed by atoms with Gasteiger partial charge in [-0.1, -0.05) is 17.7 Å². The molecule has 10 heteroatoms. The molecule has 2 aliphatic heterocycles. The van der Waals surface area contributed by atoms with E-state index in [4.69, 9.17) is 16.3 Å². The van der Waals surface area contributed by atoms with Crippen molar-refractivity contribution in [2.45, 2.75) is 19.9 Å². The van der Waals surface area contributed by atoms with Crippen LogP contribution in [0.2, 0.25) is 5.02 Å². The molecule has 0 atom stereocenters. The lowest BCUT2D eigenvalue weighted by atomic mass is 9.79. The molecule has 1 aromatic carbocycles. The minimum Gasteiger partial charge on any atom is -0.381 e. The molecular weight excluding hydrogens is 461 g/mol. The first-order valence-corrected chi connectivity index (χ1v) is 11.2. The maximum absolute atomic E-state index is 14.0. The van der Waals surface area contributed by atoms with Crippen LogP contribution in [0.1, 0.15) is 12.0 Å². The molecule has 2 aliphatic rings. The number of aromatic nitrogens is 3. The average molecular weight is 482 g/mol. The number of pyridine rings is 1. The predicted molar refractivity (Wildman–Crippen MR) is 125 cm³/mol. The number of anilines is 1. The molecule has 0 radical (unpaired) electrons. The molecule has 2 fully saturated rings. The van der Waals surface area contributed by atoms with Crippen molar-refractivity contribution in [3.8, 4) is 22.9 Å². The van der Waals surface area contributed by atoms with Gasteiger partial charge in [-0.3, -0.25) is 14.3 Å². The number of benzene rings is 1. The summed E-state index contributed by atoms with van der Waals surface area (Å²) < 4.78 is 21.8. The molecule has 2 saturated heterocycles. The van der Waals surface area contributed by atoms with E-state index in [9.17, 15) is 19.2 Å². The summed E-state index contributed by atoms with van der Waals surface area (Å²) in [5.41, 5.74) is 0.301. The predicted octanol–water partition coefficient (Wildman–Crippen LogP) is 2.91. The van der Waals surface area contributed by atoms with Gasteiger partial charge in [0.15, 0.2) is 0 Å². The van der Waals surface area contributed by atoms with Gasteiger partial charge in [0.2, 0.25) is 0 Å². The van der Waals surface area contributed by atoms with Crippen molar-refractivity contribution < 1.29 is 9.13 Å². The molecule has 0 aliphatic carbocycles. The van der Waals surface area contributed by atoms with E-state index < -0.39 is 17.1 Å². The smallest absolute Gasteiger partial charge is 0.338 e. The Morgan fingerprint density at radius 1 is 1.26 bits per heavy atom. The Bertz CT molecular complexity index is 1440. The number of rotatable bonds is 4. The Morgan fingerprint density at radius 2 is 2.06 bits per heavy atom. The van der Waals surface area contributed by atoms with Crippen molar-refractivity contribution in [2.24, 2.45) is 5.41 Å². The molecule has 4 heterocycles. The van der Waals surface area contributed by atoms with Gasteiger partial charge in [-0.25, -0.2) is 13.8 Å². The number of halogens is 2. The van der Waals surface area contributed by atoms with Crippen LogP contribution in [0.25, 0.3) is 16.8 Å². The standard InChI is InChI=1S/C24H21ClFN5O3/c1-15-8-17(11-28-10-15)31-22(32)20(16-2-3-19(26)18(25)9-16)21(30(6-5-27)23(31)33)29-12-24(13-29)4-7-34-14-24/h2-3,8-11H,4,6-7,12-14H2,1H3. The van der Waals surface area contributed by atoms with Crippen LogP contribution >= 0.6 is 11.6 Å². The van der Waals surface area contributed by atoms with Crippen molar-refractivity contribution in [1.29, 1.82) is 5.26 Å². The third-order valence-corrected chi connectivity index (χ3v) is 6.70. The maximum Gasteiger partial charge on any atom is 0.338 e. The molecule has 0 unspecified atom stereocenters. The van der Waals surface area contributed by atoms with Gasteiger partial charge in [-0.15, -0.1) is 0 Å². The van der Waals surface area contributed by atoms with E-state index in [1.807, 2.05) is 11.0 Å². The van der Waals surface area contributed by atoms with E-state index in [1.54, 1.807) is 19.2 Å². The SMILES string of the molecule is Cc1cncc(-n2c(=O)c(-c3ccc(F)c(Cl)c3)c(N3CC4(CCOC4)C3)n(CC#N)c2=O)c1. The normalized spacial score (nSPS) is 16.5. The average Bonchev–Trinajstić information content (AvgIpc) is 3.27. The largest absolute Gasteiger partial charge is 0.381 e. The summed E-state index contributed by atoms with van der Waals surface area (Å²) >= 11 is 6.06. The Morgan fingerprint density at radius 3 is 2.71 bits per heavy atom. The summed E-state index contributed by atoms with van der Waals surface area (Å²) in [7, 11) is 0. The third kappa shape index (κ3) is 3.59.